The van der Waals surface area contributed by atoms with Gasteiger partial charge >= 0.3 is 0 Å². The minimum atomic E-state index is 0.173. The van der Waals surface area contributed by atoms with Crippen molar-refractivity contribution in [2.24, 2.45) is 5.92 Å². The molecule has 0 spiro atoms. The molecule has 16 heavy (non-hydrogen) atoms. The van der Waals surface area contributed by atoms with Gasteiger partial charge in [-0.15, -0.1) is 0 Å². The molecule has 1 aromatic carbocycles. The molecule has 1 heterocycles. The summed E-state index contributed by atoms with van der Waals surface area (Å²) in [6.07, 6.45) is 1.52. The molecule has 2 rings (SSSR count). The molecule has 0 aromatic heterocycles. The topological polar surface area (TPSA) is 35.5 Å². The molecule has 0 fully saturated rings. The van der Waals surface area contributed by atoms with Gasteiger partial charge in [-0.3, -0.25) is 4.79 Å². The first-order chi connectivity index (χ1) is 7.66. The maximum Gasteiger partial charge on any atom is 0.231 e. The Hall–Kier alpha value is -1.51. The van der Waals surface area contributed by atoms with Crippen LogP contribution in [0.1, 0.15) is 37.0 Å². The Morgan fingerprint density at radius 1 is 1.31 bits per heavy atom. The minimum Gasteiger partial charge on any atom is -0.454 e. The zero-order valence-electron chi connectivity index (χ0n) is 9.66. The van der Waals surface area contributed by atoms with Crippen LogP contribution >= 0.6 is 0 Å². The Bertz CT molecular complexity index is 396. The van der Waals surface area contributed by atoms with Gasteiger partial charge in [0, 0.05) is 12.0 Å². The normalized spacial score (nSPS) is 13.2. The molecule has 3 nitrogen and oxygen atoms in total. The van der Waals surface area contributed by atoms with Gasteiger partial charge < -0.3 is 9.47 Å². The fourth-order valence-electron chi connectivity index (χ4n) is 1.63. The number of hydrogen-bond acceptors (Lipinski definition) is 3. The second kappa shape index (κ2) is 4.56. The van der Waals surface area contributed by atoms with Gasteiger partial charge in [-0.05, 0) is 30.5 Å². The molecule has 0 atom stereocenters. The van der Waals surface area contributed by atoms with E-state index in [4.69, 9.17) is 9.47 Å². The lowest BCUT2D eigenvalue weighted by Crippen LogP contribution is -2.01. The Balaban J connectivity index is 2.06. The van der Waals surface area contributed by atoms with Gasteiger partial charge in [-0.1, -0.05) is 13.8 Å². The van der Waals surface area contributed by atoms with E-state index in [1.165, 1.54) is 0 Å². The lowest BCUT2D eigenvalue weighted by atomic mass is 10.0. The van der Waals surface area contributed by atoms with E-state index in [9.17, 15) is 4.79 Å². The highest BCUT2D eigenvalue weighted by atomic mass is 16.7. The smallest absolute Gasteiger partial charge is 0.231 e. The van der Waals surface area contributed by atoms with Crippen LogP contribution < -0.4 is 9.47 Å². The van der Waals surface area contributed by atoms with E-state index in [-0.39, 0.29) is 12.6 Å². The van der Waals surface area contributed by atoms with Gasteiger partial charge in [0.2, 0.25) is 6.79 Å². The predicted octanol–water partition coefficient (Wildman–Crippen LogP) is 3.03. The first-order valence-electron chi connectivity index (χ1n) is 5.59. The van der Waals surface area contributed by atoms with Crippen LogP contribution in [0, 0.1) is 5.92 Å². The van der Waals surface area contributed by atoms with Crippen LogP contribution in [0.5, 0.6) is 11.5 Å². The average molecular weight is 220 g/mol. The maximum atomic E-state index is 11.9. The summed E-state index contributed by atoms with van der Waals surface area (Å²) in [4.78, 5) is 11.9. The van der Waals surface area contributed by atoms with Gasteiger partial charge in [0.25, 0.3) is 0 Å². The molecule has 1 aromatic rings. The van der Waals surface area contributed by atoms with Gasteiger partial charge in [-0.25, -0.2) is 0 Å². The second-order valence-electron chi connectivity index (χ2n) is 4.42. The lowest BCUT2D eigenvalue weighted by Gasteiger charge is -2.04. The molecule has 0 amide bonds. The summed E-state index contributed by atoms with van der Waals surface area (Å²) in [5.41, 5.74) is 0.713. The molecule has 0 N–H and O–H groups in total. The number of ether oxygens (including phenoxy) is 2. The van der Waals surface area contributed by atoms with Crippen LogP contribution in [0.25, 0.3) is 0 Å². The molecule has 0 radical (unpaired) electrons. The first-order valence-corrected chi connectivity index (χ1v) is 5.59. The standard InChI is InChI=1S/C13H16O3/c1-9(2)3-5-11(14)10-4-6-12-13(7-10)16-8-15-12/h4,6-7,9H,3,5,8H2,1-2H3. The fraction of sp³-hybridized carbons (Fsp3) is 0.462. The SMILES string of the molecule is CC(C)CCC(=O)c1ccc2c(c1)OCO2. The number of benzene rings is 1. The van der Waals surface area contributed by atoms with E-state index in [1.54, 1.807) is 18.2 Å². The molecule has 1 aliphatic rings. The summed E-state index contributed by atoms with van der Waals surface area (Å²) in [6.45, 7) is 4.48. The highest BCUT2D eigenvalue weighted by Gasteiger charge is 2.16. The van der Waals surface area contributed by atoms with Crippen molar-refractivity contribution in [2.45, 2.75) is 26.7 Å². The molecular weight excluding hydrogens is 204 g/mol. The van der Waals surface area contributed by atoms with Crippen LogP contribution in [-0.2, 0) is 0 Å². The summed E-state index contributed by atoms with van der Waals surface area (Å²) < 4.78 is 10.4. The Morgan fingerprint density at radius 3 is 2.81 bits per heavy atom. The third-order valence-corrected chi connectivity index (χ3v) is 2.64. The first kappa shape index (κ1) is 11.0. The minimum absolute atomic E-state index is 0.173. The highest BCUT2D eigenvalue weighted by molar-refractivity contribution is 5.96. The van der Waals surface area contributed by atoms with Gasteiger partial charge in [0.05, 0.1) is 0 Å². The predicted molar refractivity (Wildman–Crippen MR) is 61.0 cm³/mol. The number of carbonyl (C=O) groups is 1. The van der Waals surface area contributed by atoms with Gasteiger partial charge in [0.1, 0.15) is 0 Å². The van der Waals surface area contributed by atoms with Crippen LogP contribution in [0.2, 0.25) is 0 Å². The van der Waals surface area contributed by atoms with Crippen LogP contribution in [0.15, 0.2) is 18.2 Å². The van der Waals surface area contributed by atoms with Gasteiger partial charge in [-0.2, -0.15) is 0 Å². The lowest BCUT2D eigenvalue weighted by molar-refractivity contribution is 0.0975. The number of hydrogen-bond donors (Lipinski definition) is 0. The van der Waals surface area contributed by atoms with E-state index < -0.39 is 0 Å². The molecule has 86 valence electrons. The van der Waals surface area contributed by atoms with E-state index in [1.807, 2.05) is 0 Å². The third-order valence-electron chi connectivity index (χ3n) is 2.64. The van der Waals surface area contributed by atoms with E-state index >= 15 is 0 Å². The van der Waals surface area contributed by atoms with E-state index in [0.717, 1.165) is 12.2 Å². The van der Waals surface area contributed by atoms with Gasteiger partial charge in [0.15, 0.2) is 17.3 Å². The monoisotopic (exact) mass is 220 g/mol. The van der Waals surface area contributed by atoms with Crippen molar-refractivity contribution in [3.63, 3.8) is 0 Å². The van der Waals surface area contributed by atoms with E-state index in [2.05, 4.69) is 13.8 Å². The Labute approximate surface area is 95.4 Å². The molecule has 0 unspecified atom stereocenters. The van der Waals surface area contributed by atoms with Crippen molar-refractivity contribution in [3.05, 3.63) is 23.8 Å². The number of Topliss-reactive ketones (excluding diaryl/α,β-unsaturated/α-hetero) is 1. The maximum absolute atomic E-state index is 11.9. The average Bonchev–Trinajstić information content (AvgIpc) is 2.72. The zero-order chi connectivity index (χ0) is 11.5. The Kier molecular flexibility index (Phi) is 3.13. The molecule has 1 aliphatic heterocycles. The molecule has 0 saturated heterocycles. The summed E-state index contributed by atoms with van der Waals surface area (Å²) in [6, 6.07) is 5.37. The van der Waals surface area contributed by atoms with Crippen molar-refractivity contribution in [1.29, 1.82) is 0 Å². The largest absolute Gasteiger partial charge is 0.454 e. The second-order valence-corrected chi connectivity index (χ2v) is 4.42. The number of fused-ring (bicyclic) bond motifs is 1. The Morgan fingerprint density at radius 2 is 2.06 bits per heavy atom. The van der Waals surface area contributed by atoms with E-state index in [0.29, 0.717) is 23.7 Å². The van der Waals surface area contributed by atoms with Crippen molar-refractivity contribution in [2.75, 3.05) is 6.79 Å². The highest BCUT2D eigenvalue weighted by Crippen LogP contribution is 2.32. The number of carbonyl (C=O) groups excluding carboxylic acids is 1. The van der Waals surface area contributed by atoms with Crippen molar-refractivity contribution < 1.29 is 14.3 Å². The molecule has 3 heteroatoms. The number of rotatable bonds is 4. The number of ketones is 1. The summed E-state index contributed by atoms with van der Waals surface area (Å²) in [5.74, 6) is 2.13. The molecule has 0 saturated carbocycles. The fourth-order valence-corrected chi connectivity index (χ4v) is 1.63. The third kappa shape index (κ3) is 2.35. The van der Waals surface area contributed by atoms with Crippen molar-refractivity contribution >= 4 is 5.78 Å². The summed E-state index contributed by atoms with van der Waals surface area (Å²) >= 11 is 0. The quantitative estimate of drug-likeness (QED) is 0.731. The summed E-state index contributed by atoms with van der Waals surface area (Å²) in [7, 11) is 0. The summed E-state index contributed by atoms with van der Waals surface area (Å²) in [5, 5.41) is 0. The van der Waals surface area contributed by atoms with Crippen molar-refractivity contribution in [1.82, 2.24) is 0 Å². The van der Waals surface area contributed by atoms with Crippen molar-refractivity contribution in [3.8, 4) is 11.5 Å². The molecule has 0 aliphatic carbocycles. The van der Waals surface area contributed by atoms with Crippen LogP contribution in [0.3, 0.4) is 0 Å². The molecular formula is C13H16O3. The molecule has 0 bridgehead atoms. The zero-order valence-corrected chi connectivity index (χ0v) is 9.66. The van der Waals surface area contributed by atoms with Crippen LogP contribution in [-0.4, -0.2) is 12.6 Å². The van der Waals surface area contributed by atoms with Crippen LogP contribution in [0.4, 0.5) is 0 Å².